The molecule has 0 spiro atoms. The zero-order valence-electron chi connectivity index (χ0n) is 16.1. The highest BCUT2D eigenvalue weighted by Gasteiger charge is 2.16. The van der Waals surface area contributed by atoms with Crippen LogP contribution in [0, 0.1) is 0 Å². The summed E-state index contributed by atoms with van der Waals surface area (Å²) in [5, 5.41) is 0. The minimum absolute atomic E-state index is 0.0136. The van der Waals surface area contributed by atoms with Crippen molar-refractivity contribution in [3.63, 3.8) is 0 Å². The maximum atomic E-state index is 12.3. The fourth-order valence-electron chi connectivity index (χ4n) is 2.83. The van der Waals surface area contributed by atoms with Crippen LogP contribution in [0.5, 0.6) is 11.5 Å². The molecule has 0 N–H and O–H groups in total. The molecule has 27 heavy (non-hydrogen) atoms. The normalized spacial score (nSPS) is 15.9. The molecule has 5 heteroatoms. The van der Waals surface area contributed by atoms with Gasteiger partial charge in [-0.25, -0.2) is 4.79 Å². The molecule has 0 heterocycles. The molecule has 5 nitrogen and oxygen atoms in total. The maximum Gasteiger partial charge on any atom is 0.343 e. The first-order valence-electron chi connectivity index (χ1n) is 9.53. The molecule has 1 atom stereocenters. The van der Waals surface area contributed by atoms with Gasteiger partial charge in [0.2, 0.25) is 0 Å². The van der Waals surface area contributed by atoms with Crippen molar-refractivity contribution in [3.8, 4) is 11.5 Å². The molecule has 0 amide bonds. The quantitative estimate of drug-likeness (QED) is 0.245. The standard InChI is InChI=1S/C22H28O5/c1-3-4-5-6-7-14-26-19-11-8-17(9-12-19)22(24)27-20-13-10-18(16-23)21(15-20)25-2/h8-11,13,15-16,19H,3-7,12,14H2,1-2H3/t19-/m0/s1. The Bertz CT molecular complexity index is 690. The molecular weight excluding hydrogens is 344 g/mol. The van der Waals surface area contributed by atoms with E-state index in [9.17, 15) is 9.59 Å². The topological polar surface area (TPSA) is 61.8 Å². The molecule has 146 valence electrons. The smallest absolute Gasteiger partial charge is 0.343 e. The molecule has 0 fully saturated rings. The van der Waals surface area contributed by atoms with Crippen LogP contribution in [0.15, 0.2) is 42.0 Å². The predicted octanol–water partition coefficient (Wildman–Crippen LogP) is 4.66. The molecule has 0 bridgehead atoms. The Kier molecular flexibility index (Phi) is 8.78. The van der Waals surface area contributed by atoms with Gasteiger partial charge in [0, 0.05) is 12.7 Å². The summed E-state index contributed by atoms with van der Waals surface area (Å²) in [6.45, 7) is 2.95. The third-order valence-electron chi connectivity index (χ3n) is 4.42. The Hall–Kier alpha value is -2.40. The van der Waals surface area contributed by atoms with Crippen molar-refractivity contribution in [2.24, 2.45) is 0 Å². The lowest BCUT2D eigenvalue weighted by Gasteiger charge is -2.17. The van der Waals surface area contributed by atoms with Crippen LogP contribution in [0.4, 0.5) is 0 Å². The van der Waals surface area contributed by atoms with E-state index in [0.717, 1.165) is 13.0 Å². The highest BCUT2D eigenvalue weighted by Crippen LogP contribution is 2.24. The molecule has 1 aromatic carbocycles. The zero-order valence-corrected chi connectivity index (χ0v) is 16.1. The van der Waals surface area contributed by atoms with Gasteiger partial charge in [0.1, 0.15) is 11.5 Å². The number of unbranched alkanes of at least 4 members (excludes halogenated alkanes) is 4. The number of rotatable bonds is 11. The van der Waals surface area contributed by atoms with Crippen LogP contribution in [-0.4, -0.2) is 32.1 Å². The van der Waals surface area contributed by atoms with Gasteiger partial charge in [-0.3, -0.25) is 4.79 Å². The van der Waals surface area contributed by atoms with E-state index in [1.165, 1.54) is 38.9 Å². The first kappa shape index (κ1) is 20.9. The highest BCUT2D eigenvalue weighted by molar-refractivity contribution is 5.93. The third kappa shape index (κ3) is 6.68. The number of aldehydes is 1. The Labute approximate surface area is 161 Å². The van der Waals surface area contributed by atoms with Gasteiger partial charge in [-0.2, -0.15) is 0 Å². The van der Waals surface area contributed by atoms with E-state index in [2.05, 4.69) is 6.92 Å². The summed E-state index contributed by atoms with van der Waals surface area (Å²) < 4.78 is 16.3. The second-order valence-electron chi connectivity index (χ2n) is 6.49. The SMILES string of the molecule is CCCCCCCO[C@H]1C=CC(C(=O)Oc2ccc(C=O)c(OC)c2)=CC1. The van der Waals surface area contributed by atoms with Crippen LogP contribution in [0.2, 0.25) is 0 Å². The van der Waals surface area contributed by atoms with E-state index in [0.29, 0.717) is 35.3 Å². The molecule has 0 radical (unpaired) electrons. The minimum atomic E-state index is -0.440. The molecule has 2 rings (SSSR count). The summed E-state index contributed by atoms with van der Waals surface area (Å²) in [5.41, 5.74) is 0.903. The van der Waals surface area contributed by atoms with Crippen molar-refractivity contribution >= 4 is 12.3 Å². The van der Waals surface area contributed by atoms with Crippen molar-refractivity contribution in [1.29, 1.82) is 0 Å². The van der Waals surface area contributed by atoms with E-state index >= 15 is 0 Å². The molecule has 0 aliphatic heterocycles. The van der Waals surface area contributed by atoms with Crippen molar-refractivity contribution in [1.82, 2.24) is 0 Å². The van der Waals surface area contributed by atoms with Gasteiger partial charge in [-0.1, -0.05) is 44.8 Å². The van der Waals surface area contributed by atoms with E-state index in [-0.39, 0.29) is 6.10 Å². The summed E-state index contributed by atoms with van der Waals surface area (Å²) in [5.74, 6) is 0.267. The summed E-state index contributed by atoms with van der Waals surface area (Å²) in [6, 6.07) is 4.66. The zero-order chi connectivity index (χ0) is 19.5. The van der Waals surface area contributed by atoms with Gasteiger partial charge in [-0.15, -0.1) is 0 Å². The number of hydrogen-bond acceptors (Lipinski definition) is 5. The van der Waals surface area contributed by atoms with Crippen LogP contribution >= 0.6 is 0 Å². The first-order chi connectivity index (χ1) is 13.2. The Balaban J connectivity index is 1.79. The highest BCUT2D eigenvalue weighted by atomic mass is 16.5. The molecular formula is C22H28O5. The Morgan fingerprint density at radius 1 is 1.22 bits per heavy atom. The average Bonchev–Trinajstić information content (AvgIpc) is 2.70. The Morgan fingerprint density at radius 3 is 2.70 bits per heavy atom. The monoisotopic (exact) mass is 372 g/mol. The van der Waals surface area contributed by atoms with Gasteiger partial charge in [-0.05, 0) is 31.1 Å². The number of esters is 1. The van der Waals surface area contributed by atoms with Gasteiger partial charge >= 0.3 is 5.97 Å². The van der Waals surface area contributed by atoms with Gasteiger partial charge < -0.3 is 14.2 Å². The predicted molar refractivity (Wildman–Crippen MR) is 104 cm³/mol. The van der Waals surface area contributed by atoms with Gasteiger partial charge in [0.15, 0.2) is 6.29 Å². The molecule has 0 saturated heterocycles. The van der Waals surface area contributed by atoms with Crippen molar-refractivity contribution < 1.29 is 23.8 Å². The van der Waals surface area contributed by atoms with Crippen LogP contribution in [0.25, 0.3) is 0 Å². The summed E-state index contributed by atoms with van der Waals surface area (Å²) >= 11 is 0. The molecule has 0 aromatic heterocycles. The summed E-state index contributed by atoms with van der Waals surface area (Å²) in [4.78, 5) is 23.2. The molecule has 0 unspecified atom stereocenters. The van der Waals surface area contributed by atoms with Crippen LogP contribution in [0.1, 0.15) is 55.8 Å². The van der Waals surface area contributed by atoms with Gasteiger partial charge in [0.05, 0.1) is 24.4 Å². The van der Waals surface area contributed by atoms with Crippen molar-refractivity contribution in [3.05, 3.63) is 47.6 Å². The lowest BCUT2D eigenvalue weighted by atomic mass is 10.1. The Morgan fingerprint density at radius 2 is 2.04 bits per heavy atom. The fraction of sp³-hybridized carbons (Fsp3) is 0.455. The number of hydrogen-bond donors (Lipinski definition) is 0. The number of carbonyl (C=O) groups is 2. The summed E-state index contributed by atoms with van der Waals surface area (Å²) in [6.07, 6.45) is 12.9. The molecule has 1 aliphatic carbocycles. The van der Waals surface area contributed by atoms with E-state index < -0.39 is 5.97 Å². The number of ether oxygens (including phenoxy) is 3. The molecule has 1 aromatic rings. The maximum absolute atomic E-state index is 12.3. The van der Waals surface area contributed by atoms with E-state index in [4.69, 9.17) is 14.2 Å². The summed E-state index contributed by atoms with van der Waals surface area (Å²) in [7, 11) is 1.46. The average molecular weight is 372 g/mol. The molecule has 1 aliphatic rings. The van der Waals surface area contributed by atoms with Crippen molar-refractivity contribution in [2.45, 2.75) is 51.6 Å². The minimum Gasteiger partial charge on any atom is -0.496 e. The first-order valence-corrected chi connectivity index (χ1v) is 9.53. The second-order valence-corrected chi connectivity index (χ2v) is 6.49. The fourth-order valence-corrected chi connectivity index (χ4v) is 2.83. The van der Waals surface area contributed by atoms with Crippen LogP contribution < -0.4 is 9.47 Å². The second kappa shape index (κ2) is 11.3. The number of methoxy groups -OCH3 is 1. The number of benzene rings is 1. The lowest BCUT2D eigenvalue weighted by molar-refractivity contribution is -0.129. The number of carbonyl (C=O) groups excluding carboxylic acids is 2. The van der Waals surface area contributed by atoms with Gasteiger partial charge in [0.25, 0.3) is 0 Å². The lowest BCUT2D eigenvalue weighted by Crippen LogP contribution is -2.17. The molecule has 0 saturated carbocycles. The largest absolute Gasteiger partial charge is 0.496 e. The van der Waals surface area contributed by atoms with Crippen LogP contribution in [0.3, 0.4) is 0 Å². The third-order valence-corrected chi connectivity index (χ3v) is 4.42. The van der Waals surface area contributed by atoms with Crippen LogP contribution in [-0.2, 0) is 9.53 Å². The van der Waals surface area contributed by atoms with E-state index in [1.54, 1.807) is 18.2 Å². The van der Waals surface area contributed by atoms with E-state index in [1.807, 2.05) is 12.2 Å². The van der Waals surface area contributed by atoms with Crippen molar-refractivity contribution in [2.75, 3.05) is 13.7 Å².